The number of hydrogen-bond donors (Lipinski definition) is 1. The summed E-state index contributed by atoms with van der Waals surface area (Å²) in [7, 11) is 1.94. The fraction of sp³-hybridized carbons (Fsp3) is 0.250. The highest BCUT2D eigenvalue weighted by Gasteiger charge is 2.12. The van der Waals surface area contributed by atoms with Crippen LogP contribution in [0.15, 0.2) is 30.0 Å². The lowest BCUT2D eigenvalue weighted by atomic mass is 10.3. The summed E-state index contributed by atoms with van der Waals surface area (Å²) in [6, 6.07) is 4.02. The Kier molecular flexibility index (Phi) is 5.14. The average molecular weight is 517 g/mol. The molecular weight excluding hydrogens is 506 g/mol. The smallest absolute Gasteiger partial charge is 0.0739 e. The van der Waals surface area contributed by atoms with Gasteiger partial charge < -0.3 is 5.32 Å². The van der Waals surface area contributed by atoms with Crippen LogP contribution in [0.4, 0.5) is 5.69 Å². The van der Waals surface area contributed by atoms with Crippen LogP contribution in [0.3, 0.4) is 0 Å². The summed E-state index contributed by atoms with van der Waals surface area (Å²) >= 11 is 14.1. The van der Waals surface area contributed by atoms with Crippen molar-refractivity contribution in [3.8, 4) is 0 Å². The standard InChI is InChI=1S/C12H11Br4N3/c1-6-11(16)10(19(2)18-6)5-17-12-8(14)3-7(13)4-9(12)15/h3-4,17H,5H2,1-2H3. The molecule has 1 aromatic carbocycles. The van der Waals surface area contributed by atoms with Crippen LogP contribution in [0.2, 0.25) is 0 Å². The van der Waals surface area contributed by atoms with E-state index in [2.05, 4.69) is 74.1 Å². The lowest BCUT2D eigenvalue weighted by molar-refractivity contribution is 0.712. The summed E-state index contributed by atoms with van der Waals surface area (Å²) in [5.41, 5.74) is 3.13. The van der Waals surface area contributed by atoms with E-state index in [9.17, 15) is 0 Å². The van der Waals surface area contributed by atoms with Gasteiger partial charge in [-0.15, -0.1) is 0 Å². The number of nitrogens with zero attached hydrogens (tertiary/aromatic N) is 2. The van der Waals surface area contributed by atoms with Crippen molar-refractivity contribution < 1.29 is 0 Å². The zero-order valence-electron chi connectivity index (χ0n) is 10.3. The molecule has 0 aliphatic rings. The SMILES string of the molecule is Cc1nn(C)c(CNc2c(Br)cc(Br)cc2Br)c1Br. The van der Waals surface area contributed by atoms with Gasteiger partial charge in [0, 0.05) is 20.5 Å². The molecule has 102 valence electrons. The normalized spacial score (nSPS) is 10.8. The van der Waals surface area contributed by atoms with Crippen LogP contribution in [0.25, 0.3) is 0 Å². The highest BCUT2D eigenvalue weighted by molar-refractivity contribution is 9.11. The summed E-state index contributed by atoms with van der Waals surface area (Å²) in [6.07, 6.45) is 0. The molecule has 0 unspecified atom stereocenters. The number of benzene rings is 1. The average Bonchev–Trinajstić information content (AvgIpc) is 2.53. The summed E-state index contributed by atoms with van der Waals surface area (Å²) < 4.78 is 5.96. The predicted molar refractivity (Wildman–Crippen MR) is 92.5 cm³/mol. The largest absolute Gasteiger partial charge is 0.378 e. The van der Waals surface area contributed by atoms with Crippen molar-refractivity contribution in [2.45, 2.75) is 13.5 Å². The number of nitrogens with one attached hydrogen (secondary N) is 1. The quantitative estimate of drug-likeness (QED) is 0.593. The first kappa shape index (κ1) is 15.5. The molecule has 1 heterocycles. The second-order valence-electron chi connectivity index (χ2n) is 4.07. The van der Waals surface area contributed by atoms with Gasteiger partial charge in [0.15, 0.2) is 0 Å². The monoisotopic (exact) mass is 513 g/mol. The molecule has 19 heavy (non-hydrogen) atoms. The van der Waals surface area contributed by atoms with E-state index < -0.39 is 0 Å². The summed E-state index contributed by atoms with van der Waals surface area (Å²) in [5, 5.41) is 7.80. The second-order valence-corrected chi connectivity index (χ2v) is 7.49. The topological polar surface area (TPSA) is 29.9 Å². The van der Waals surface area contributed by atoms with Crippen molar-refractivity contribution in [3.05, 3.63) is 41.4 Å². The fourth-order valence-electron chi connectivity index (χ4n) is 1.76. The molecule has 0 saturated carbocycles. The van der Waals surface area contributed by atoms with Gasteiger partial charge in [-0.2, -0.15) is 5.10 Å². The van der Waals surface area contributed by atoms with Crippen LogP contribution in [0, 0.1) is 6.92 Å². The molecule has 2 aromatic rings. The van der Waals surface area contributed by atoms with E-state index in [1.807, 2.05) is 30.8 Å². The van der Waals surface area contributed by atoms with Gasteiger partial charge in [-0.3, -0.25) is 4.68 Å². The van der Waals surface area contributed by atoms with E-state index in [1.54, 1.807) is 0 Å². The Morgan fingerprint density at radius 2 is 1.74 bits per heavy atom. The molecule has 1 aromatic heterocycles. The lowest BCUT2D eigenvalue weighted by Crippen LogP contribution is -2.06. The van der Waals surface area contributed by atoms with Crippen LogP contribution in [-0.2, 0) is 13.6 Å². The first-order valence-corrected chi connectivity index (χ1v) is 8.63. The van der Waals surface area contributed by atoms with Gasteiger partial charge in [0.25, 0.3) is 0 Å². The zero-order valence-corrected chi connectivity index (χ0v) is 16.6. The molecule has 0 spiro atoms. The molecule has 0 aliphatic carbocycles. The Morgan fingerprint density at radius 1 is 1.16 bits per heavy atom. The highest BCUT2D eigenvalue weighted by atomic mass is 79.9. The fourth-order valence-corrected chi connectivity index (χ4v) is 4.77. The Balaban J connectivity index is 2.24. The van der Waals surface area contributed by atoms with E-state index >= 15 is 0 Å². The molecular formula is C12H11Br4N3. The zero-order chi connectivity index (χ0) is 14.2. The molecule has 0 bridgehead atoms. The Morgan fingerprint density at radius 3 is 2.21 bits per heavy atom. The molecule has 7 heteroatoms. The van der Waals surface area contributed by atoms with E-state index in [4.69, 9.17) is 0 Å². The van der Waals surface area contributed by atoms with Crippen LogP contribution in [0.1, 0.15) is 11.4 Å². The molecule has 0 aliphatic heterocycles. The predicted octanol–water partition coefficient (Wildman–Crippen LogP) is 5.39. The van der Waals surface area contributed by atoms with Crippen molar-refractivity contribution in [2.24, 2.45) is 7.05 Å². The van der Waals surface area contributed by atoms with Gasteiger partial charge in [0.05, 0.1) is 28.1 Å². The third-order valence-corrected chi connectivity index (χ3v) is 5.44. The number of aryl methyl sites for hydroxylation is 2. The van der Waals surface area contributed by atoms with Crippen molar-refractivity contribution in [3.63, 3.8) is 0 Å². The van der Waals surface area contributed by atoms with E-state index in [0.29, 0.717) is 6.54 Å². The molecule has 3 nitrogen and oxygen atoms in total. The molecule has 0 saturated heterocycles. The van der Waals surface area contributed by atoms with Crippen molar-refractivity contribution in [1.82, 2.24) is 9.78 Å². The minimum Gasteiger partial charge on any atom is -0.378 e. The Bertz CT molecular complexity index is 599. The second kappa shape index (κ2) is 6.28. The van der Waals surface area contributed by atoms with Crippen molar-refractivity contribution in [2.75, 3.05) is 5.32 Å². The molecule has 0 amide bonds. The number of hydrogen-bond acceptors (Lipinski definition) is 2. The van der Waals surface area contributed by atoms with E-state index in [-0.39, 0.29) is 0 Å². The lowest BCUT2D eigenvalue weighted by Gasteiger charge is -2.12. The first-order valence-electron chi connectivity index (χ1n) is 5.46. The van der Waals surface area contributed by atoms with Crippen LogP contribution >= 0.6 is 63.7 Å². The number of anilines is 1. The maximum atomic E-state index is 4.38. The van der Waals surface area contributed by atoms with Gasteiger partial charge in [0.1, 0.15) is 0 Å². The third-order valence-electron chi connectivity index (χ3n) is 2.70. The maximum Gasteiger partial charge on any atom is 0.0739 e. The number of rotatable bonds is 3. The van der Waals surface area contributed by atoms with E-state index in [1.165, 1.54) is 0 Å². The number of aromatic nitrogens is 2. The first-order chi connectivity index (χ1) is 8.90. The highest BCUT2D eigenvalue weighted by Crippen LogP contribution is 2.35. The van der Waals surface area contributed by atoms with Crippen molar-refractivity contribution in [1.29, 1.82) is 0 Å². The maximum absolute atomic E-state index is 4.38. The van der Waals surface area contributed by atoms with Gasteiger partial charge >= 0.3 is 0 Å². The molecule has 0 fully saturated rings. The van der Waals surface area contributed by atoms with Gasteiger partial charge in [0.2, 0.25) is 0 Å². The van der Waals surface area contributed by atoms with Gasteiger partial charge in [-0.25, -0.2) is 0 Å². The van der Waals surface area contributed by atoms with Gasteiger partial charge in [-0.05, 0) is 66.8 Å². The minimum atomic E-state index is 0.691. The summed E-state index contributed by atoms with van der Waals surface area (Å²) in [6.45, 7) is 2.68. The molecule has 0 atom stereocenters. The van der Waals surface area contributed by atoms with Crippen LogP contribution in [-0.4, -0.2) is 9.78 Å². The molecule has 1 N–H and O–H groups in total. The minimum absolute atomic E-state index is 0.691. The Hall–Kier alpha value is 0.150. The molecule has 0 radical (unpaired) electrons. The van der Waals surface area contributed by atoms with Gasteiger partial charge in [-0.1, -0.05) is 15.9 Å². The number of halogens is 4. The summed E-state index contributed by atoms with van der Waals surface area (Å²) in [5.74, 6) is 0. The van der Waals surface area contributed by atoms with Crippen LogP contribution < -0.4 is 5.32 Å². The third kappa shape index (κ3) is 3.43. The van der Waals surface area contributed by atoms with Crippen molar-refractivity contribution >= 4 is 69.4 Å². The Labute approximate surface area is 145 Å². The molecule has 2 rings (SSSR count). The summed E-state index contributed by atoms with van der Waals surface area (Å²) in [4.78, 5) is 0. The van der Waals surface area contributed by atoms with E-state index in [0.717, 1.165) is 35.0 Å². The van der Waals surface area contributed by atoms with Crippen LogP contribution in [0.5, 0.6) is 0 Å².